The minimum atomic E-state index is -3.72. The van der Waals surface area contributed by atoms with Gasteiger partial charge in [-0.2, -0.15) is 4.31 Å². The highest BCUT2D eigenvalue weighted by Crippen LogP contribution is 2.32. The molecular formula is C18H28N2O6S. The van der Waals surface area contributed by atoms with Crippen LogP contribution >= 0.6 is 0 Å². The molecule has 9 heteroatoms. The van der Waals surface area contributed by atoms with Gasteiger partial charge in [0, 0.05) is 39.4 Å². The number of ether oxygens (including phenoxy) is 3. The van der Waals surface area contributed by atoms with E-state index in [2.05, 4.69) is 5.32 Å². The number of benzene rings is 1. The van der Waals surface area contributed by atoms with E-state index in [-0.39, 0.29) is 23.3 Å². The van der Waals surface area contributed by atoms with Gasteiger partial charge in [-0.25, -0.2) is 8.42 Å². The van der Waals surface area contributed by atoms with Crippen molar-refractivity contribution in [3.63, 3.8) is 0 Å². The second kappa shape index (κ2) is 9.91. The summed E-state index contributed by atoms with van der Waals surface area (Å²) in [7, 11) is 0.844. The van der Waals surface area contributed by atoms with Crippen LogP contribution in [0.3, 0.4) is 0 Å². The van der Waals surface area contributed by atoms with Crippen LogP contribution in [0.15, 0.2) is 23.1 Å². The summed E-state index contributed by atoms with van der Waals surface area (Å²) in [4.78, 5) is 12.5. The second-order valence-electron chi connectivity index (χ2n) is 6.36. The Kier molecular flexibility index (Phi) is 7.88. The summed E-state index contributed by atoms with van der Waals surface area (Å²) in [6, 6.07) is 4.50. The molecule has 1 atom stereocenters. The van der Waals surface area contributed by atoms with Crippen LogP contribution in [0.4, 0.5) is 0 Å². The zero-order valence-electron chi connectivity index (χ0n) is 16.1. The van der Waals surface area contributed by atoms with Gasteiger partial charge in [0.2, 0.25) is 15.9 Å². The molecule has 1 saturated heterocycles. The number of nitrogens with one attached hydrogen (secondary N) is 1. The lowest BCUT2D eigenvalue weighted by atomic mass is 9.99. The summed E-state index contributed by atoms with van der Waals surface area (Å²) in [5, 5.41) is 2.86. The van der Waals surface area contributed by atoms with Crippen molar-refractivity contribution >= 4 is 15.9 Å². The maximum Gasteiger partial charge on any atom is 0.243 e. The molecule has 1 fully saturated rings. The molecule has 0 radical (unpaired) electrons. The normalized spacial score (nSPS) is 18.1. The number of carbonyl (C=O) groups excluding carboxylic acids is 1. The van der Waals surface area contributed by atoms with Crippen molar-refractivity contribution in [2.45, 2.75) is 24.2 Å². The maximum absolute atomic E-state index is 13.0. The van der Waals surface area contributed by atoms with E-state index in [1.54, 1.807) is 13.2 Å². The molecule has 1 aliphatic rings. The predicted octanol–water partition coefficient (Wildman–Crippen LogP) is 1.26. The van der Waals surface area contributed by atoms with Gasteiger partial charge in [0.25, 0.3) is 0 Å². The number of sulfonamides is 1. The fourth-order valence-corrected chi connectivity index (χ4v) is 4.61. The fraction of sp³-hybridized carbons (Fsp3) is 0.611. The van der Waals surface area contributed by atoms with E-state index in [1.165, 1.54) is 30.7 Å². The molecule has 1 N–H and O–H groups in total. The lowest BCUT2D eigenvalue weighted by molar-refractivity contribution is -0.126. The van der Waals surface area contributed by atoms with Gasteiger partial charge in [-0.15, -0.1) is 0 Å². The van der Waals surface area contributed by atoms with Crippen LogP contribution in [0.25, 0.3) is 0 Å². The third kappa shape index (κ3) is 5.33. The molecule has 27 heavy (non-hydrogen) atoms. The van der Waals surface area contributed by atoms with E-state index in [9.17, 15) is 13.2 Å². The van der Waals surface area contributed by atoms with Crippen LogP contribution in [0, 0.1) is 5.92 Å². The second-order valence-corrected chi connectivity index (χ2v) is 8.29. The smallest absolute Gasteiger partial charge is 0.243 e. The van der Waals surface area contributed by atoms with Crippen LogP contribution in [0.5, 0.6) is 11.5 Å². The summed E-state index contributed by atoms with van der Waals surface area (Å²) < 4.78 is 42.7. The van der Waals surface area contributed by atoms with Gasteiger partial charge in [0.1, 0.15) is 0 Å². The van der Waals surface area contributed by atoms with Crippen molar-refractivity contribution in [3.8, 4) is 11.5 Å². The largest absolute Gasteiger partial charge is 0.493 e. The molecule has 0 saturated carbocycles. The first-order valence-electron chi connectivity index (χ1n) is 8.93. The van der Waals surface area contributed by atoms with Crippen molar-refractivity contribution in [2.75, 3.05) is 47.6 Å². The monoisotopic (exact) mass is 400 g/mol. The van der Waals surface area contributed by atoms with E-state index >= 15 is 0 Å². The van der Waals surface area contributed by atoms with Gasteiger partial charge in [-0.3, -0.25) is 4.79 Å². The number of methoxy groups -OCH3 is 3. The summed E-state index contributed by atoms with van der Waals surface area (Å²) in [6.07, 6.45) is 2.04. The molecule has 0 aliphatic carbocycles. The Hall–Kier alpha value is -1.84. The molecule has 1 amide bonds. The number of hydrogen-bond acceptors (Lipinski definition) is 6. The number of carbonyl (C=O) groups is 1. The molecule has 8 nitrogen and oxygen atoms in total. The molecule has 0 unspecified atom stereocenters. The number of nitrogens with zero attached hydrogens (tertiary/aromatic N) is 1. The third-order valence-electron chi connectivity index (χ3n) is 4.57. The average molecular weight is 400 g/mol. The molecule has 0 spiro atoms. The highest BCUT2D eigenvalue weighted by atomic mass is 32.2. The lowest BCUT2D eigenvalue weighted by Crippen LogP contribution is -2.45. The molecular weight excluding hydrogens is 372 g/mol. The van der Waals surface area contributed by atoms with Crippen LogP contribution in [0.1, 0.15) is 19.3 Å². The highest BCUT2D eigenvalue weighted by Gasteiger charge is 2.33. The van der Waals surface area contributed by atoms with Crippen LogP contribution in [-0.2, 0) is 19.6 Å². The average Bonchev–Trinajstić information content (AvgIpc) is 2.70. The van der Waals surface area contributed by atoms with Crippen molar-refractivity contribution in [1.82, 2.24) is 9.62 Å². The quantitative estimate of drug-likeness (QED) is 0.627. The zero-order chi connectivity index (χ0) is 19.9. The van der Waals surface area contributed by atoms with Crippen molar-refractivity contribution in [3.05, 3.63) is 18.2 Å². The van der Waals surface area contributed by atoms with Gasteiger partial charge in [0.15, 0.2) is 11.5 Å². The van der Waals surface area contributed by atoms with E-state index in [0.29, 0.717) is 44.0 Å². The minimum absolute atomic E-state index is 0.113. The molecule has 1 aliphatic heterocycles. The first kappa shape index (κ1) is 21.5. The summed E-state index contributed by atoms with van der Waals surface area (Å²) in [6.45, 7) is 1.66. The number of rotatable bonds is 9. The van der Waals surface area contributed by atoms with E-state index < -0.39 is 10.0 Å². The van der Waals surface area contributed by atoms with Crippen molar-refractivity contribution in [2.24, 2.45) is 5.92 Å². The van der Waals surface area contributed by atoms with Crippen molar-refractivity contribution < 1.29 is 27.4 Å². The van der Waals surface area contributed by atoms with Gasteiger partial charge >= 0.3 is 0 Å². The third-order valence-corrected chi connectivity index (χ3v) is 6.43. The van der Waals surface area contributed by atoms with Gasteiger partial charge in [-0.05, 0) is 31.4 Å². The fourth-order valence-electron chi connectivity index (χ4n) is 3.07. The van der Waals surface area contributed by atoms with Crippen LogP contribution < -0.4 is 14.8 Å². The summed E-state index contributed by atoms with van der Waals surface area (Å²) in [5.74, 6) is 0.348. The Morgan fingerprint density at radius 3 is 2.63 bits per heavy atom. The van der Waals surface area contributed by atoms with E-state index in [1.807, 2.05) is 0 Å². The molecule has 152 valence electrons. The molecule has 0 bridgehead atoms. The number of piperidine rings is 1. The Bertz CT molecular complexity index is 737. The first-order valence-corrected chi connectivity index (χ1v) is 10.4. The standard InChI is InChI=1S/C18H28N2O6S/c1-24-11-5-9-19-18(21)14-6-4-10-20(13-14)27(22,23)15-7-8-16(25-2)17(12-15)26-3/h7-8,12,14H,4-6,9-11,13H2,1-3H3,(H,19,21)/t14-/m1/s1. The summed E-state index contributed by atoms with van der Waals surface area (Å²) >= 11 is 0. The first-order chi connectivity index (χ1) is 12.9. The zero-order valence-corrected chi connectivity index (χ0v) is 16.9. The summed E-state index contributed by atoms with van der Waals surface area (Å²) in [5.41, 5.74) is 0. The van der Waals surface area contributed by atoms with Gasteiger partial charge in [0.05, 0.1) is 25.0 Å². The SMILES string of the molecule is COCCCNC(=O)[C@@H]1CCCN(S(=O)(=O)c2ccc(OC)c(OC)c2)C1. The van der Waals surface area contributed by atoms with E-state index in [0.717, 1.165) is 6.42 Å². The predicted molar refractivity (Wildman–Crippen MR) is 101 cm³/mol. The van der Waals surface area contributed by atoms with Gasteiger partial charge in [-0.1, -0.05) is 0 Å². The van der Waals surface area contributed by atoms with E-state index in [4.69, 9.17) is 14.2 Å². The highest BCUT2D eigenvalue weighted by molar-refractivity contribution is 7.89. The Labute approximate surface area is 160 Å². The maximum atomic E-state index is 13.0. The molecule has 1 aromatic rings. The Morgan fingerprint density at radius 1 is 1.22 bits per heavy atom. The van der Waals surface area contributed by atoms with Crippen molar-refractivity contribution in [1.29, 1.82) is 0 Å². The number of hydrogen-bond donors (Lipinski definition) is 1. The lowest BCUT2D eigenvalue weighted by Gasteiger charge is -2.31. The minimum Gasteiger partial charge on any atom is -0.493 e. The topological polar surface area (TPSA) is 94.2 Å². The molecule has 0 aromatic heterocycles. The Morgan fingerprint density at radius 2 is 1.96 bits per heavy atom. The molecule has 2 rings (SSSR count). The molecule has 1 heterocycles. The van der Waals surface area contributed by atoms with Crippen LogP contribution in [0.2, 0.25) is 0 Å². The van der Waals surface area contributed by atoms with Gasteiger partial charge < -0.3 is 19.5 Å². The Balaban J connectivity index is 2.08. The molecule has 1 aromatic carbocycles. The number of amides is 1. The van der Waals surface area contributed by atoms with Crippen LogP contribution in [-0.4, -0.2) is 66.2 Å².